The standard InChI is InChI=1S/C10H12N2O2/c1-8-7-12(5-4-11-8)10(13)9-3-2-6-14-9/h2-3,6H,4-5,7H2,1H3. The zero-order valence-electron chi connectivity index (χ0n) is 8.06. The Morgan fingerprint density at radius 2 is 2.50 bits per heavy atom. The summed E-state index contributed by atoms with van der Waals surface area (Å²) >= 11 is 0. The van der Waals surface area contributed by atoms with E-state index in [9.17, 15) is 4.79 Å². The lowest BCUT2D eigenvalue weighted by molar-refractivity contribution is 0.0747. The maximum absolute atomic E-state index is 11.8. The zero-order chi connectivity index (χ0) is 9.97. The van der Waals surface area contributed by atoms with E-state index in [1.165, 1.54) is 6.26 Å². The smallest absolute Gasteiger partial charge is 0.289 e. The molecule has 2 rings (SSSR count). The van der Waals surface area contributed by atoms with Crippen LogP contribution in [0.2, 0.25) is 0 Å². The van der Waals surface area contributed by atoms with Gasteiger partial charge < -0.3 is 9.32 Å². The van der Waals surface area contributed by atoms with Crippen LogP contribution in [-0.4, -0.2) is 36.2 Å². The summed E-state index contributed by atoms with van der Waals surface area (Å²) in [6.07, 6.45) is 1.51. The van der Waals surface area contributed by atoms with Gasteiger partial charge in [-0.05, 0) is 19.1 Å². The van der Waals surface area contributed by atoms with Gasteiger partial charge >= 0.3 is 0 Å². The highest BCUT2D eigenvalue weighted by atomic mass is 16.3. The molecular formula is C10H12N2O2. The van der Waals surface area contributed by atoms with Gasteiger partial charge in [0.1, 0.15) is 0 Å². The molecule has 0 aromatic carbocycles. The van der Waals surface area contributed by atoms with Crippen LogP contribution in [0.1, 0.15) is 17.5 Å². The summed E-state index contributed by atoms with van der Waals surface area (Å²) < 4.78 is 5.05. The first-order chi connectivity index (χ1) is 6.77. The third-order valence-corrected chi connectivity index (χ3v) is 2.19. The van der Waals surface area contributed by atoms with Crippen molar-refractivity contribution in [1.29, 1.82) is 0 Å². The van der Waals surface area contributed by atoms with Crippen LogP contribution in [0.3, 0.4) is 0 Å². The lowest BCUT2D eigenvalue weighted by Gasteiger charge is -2.24. The Labute approximate surface area is 82.2 Å². The predicted molar refractivity (Wildman–Crippen MR) is 52.6 cm³/mol. The normalized spacial score (nSPS) is 16.6. The molecule has 1 aliphatic heterocycles. The van der Waals surface area contributed by atoms with Crippen molar-refractivity contribution >= 4 is 11.6 Å². The molecule has 0 fully saturated rings. The number of amides is 1. The van der Waals surface area contributed by atoms with Crippen LogP contribution in [0.4, 0.5) is 0 Å². The first-order valence-corrected chi connectivity index (χ1v) is 4.60. The molecule has 2 heterocycles. The minimum Gasteiger partial charge on any atom is -0.459 e. The average Bonchev–Trinajstić information content (AvgIpc) is 2.69. The third-order valence-electron chi connectivity index (χ3n) is 2.19. The van der Waals surface area contributed by atoms with Gasteiger partial charge in [-0.2, -0.15) is 0 Å². The number of furan rings is 1. The highest BCUT2D eigenvalue weighted by Gasteiger charge is 2.20. The molecule has 0 aliphatic carbocycles. The maximum Gasteiger partial charge on any atom is 0.289 e. The van der Waals surface area contributed by atoms with Crippen LogP contribution in [0.15, 0.2) is 27.8 Å². The Balaban J connectivity index is 2.10. The van der Waals surface area contributed by atoms with Crippen molar-refractivity contribution in [2.45, 2.75) is 6.92 Å². The van der Waals surface area contributed by atoms with Gasteiger partial charge in [0.2, 0.25) is 0 Å². The molecule has 0 N–H and O–H groups in total. The Morgan fingerprint density at radius 3 is 3.14 bits per heavy atom. The molecule has 0 saturated carbocycles. The molecule has 1 aliphatic rings. The highest BCUT2D eigenvalue weighted by Crippen LogP contribution is 2.07. The van der Waals surface area contributed by atoms with Gasteiger partial charge in [0.15, 0.2) is 5.76 Å². The number of rotatable bonds is 1. The summed E-state index contributed by atoms with van der Waals surface area (Å²) in [5.41, 5.74) is 0.996. The number of carbonyl (C=O) groups is 1. The summed E-state index contributed by atoms with van der Waals surface area (Å²) in [4.78, 5) is 17.8. The summed E-state index contributed by atoms with van der Waals surface area (Å²) in [6, 6.07) is 3.40. The minimum absolute atomic E-state index is 0.0516. The van der Waals surface area contributed by atoms with Crippen molar-refractivity contribution in [2.75, 3.05) is 19.6 Å². The lowest BCUT2D eigenvalue weighted by Crippen LogP contribution is -2.39. The fourth-order valence-corrected chi connectivity index (χ4v) is 1.50. The largest absolute Gasteiger partial charge is 0.459 e. The topological polar surface area (TPSA) is 45.8 Å². The van der Waals surface area contributed by atoms with Crippen LogP contribution >= 0.6 is 0 Å². The van der Waals surface area contributed by atoms with E-state index in [4.69, 9.17) is 4.42 Å². The Hall–Kier alpha value is -1.58. The second-order valence-corrected chi connectivity index (χ2v) is 3.32. The number of hydrogen-bond donors (Lipinski definition) is 0. The lowest BCUT2D eigenvalue weighted by atomic mass is 10.3. The van der Waals surface area contributed by atoms with Crippen LogP contribution in [0.5, 0.6) is 0 Å². The van der Waals surface area contributed by atoms with Crippen LogP contribution < -0.4 is 0 Å². The molecular weight excluding hydrogens is 180 g/mol. The van der Waals surface area contributed by atoms with Gasteiger partial charge in [-0.25, -0.2) is 0 Å². The van der Waals surface area contributed by atoms with Gasteiger partial charge in [0, 0.05) is 12.3 Å². The molecule has 0 bridgehead atoms. The van der Waals surface area contributed by atoms with E-state index in [0.717, 1.165) is 5.71 Å². The van der Waals surface area contributed by atoms with E-state index in [-0.39, 0.29) is 5.91 Å². The number of carbonyl (C=O) groups excluding carboxylic acids is 1. The fraction of sp³-hybridized carbons (Fsp3) is 0.400. The summed E-state index contributed by atoms with van der Waals surface area (Å²) in [7, 11) is 0. The molecule has 0 unspecified atom stereocenters. The second-order valence-electron chi connectivity index (χ2n) is 3.32. The van der Waals surface area contributed by atoms with Crippen molar-refractivity contribution in [3.63, 3.8) is 0 Å². The fourth-order valence-electron chi connectivity index (χ4n) is 1.50. The maximum atomic E-state index is 11.8. The zero-order valence-corrected chi connectivity index (χ0v) is 8.06. The van der Waals surface area contributed by atoms with Crippen LogP contribution in [0, 0.1) is 0 Å². The van der Waals surface area contributed by atoms with E-state index in [1.807, 2.05) is 6.92 Å². The van der Waals surface area contributed by atoms with E-state index in [2.05, 4.69) is 4.99 Å². The molecule has 4 nitrogen and oxygen atoms in total. The minimum atomic E-state index is -0.0516. The molecule has 1 aromatic heterocycles. The van der Waals surface area contributed by atoms with E-state index in [1.54, 1.807) is 17.0 Å². The second kappa shape index (κ2) is 3.65. The molecule has 4 heteroatoms. The molecule has 0 spiro atoms. The van der Waals surface area contributed by atoms with Gasteiger partial charge in [0.05, 0.1) is 19.4 Å². The molecule has 0 saturated heterocycles. The third kappa shape index (κ3) is 1.69. The summed E-state index contributed by atoms with van der Waals surface area (Å²) in [6.45, 7) is 3.91. The van der Waals surface area contributed by atoms with Gasteiger partial charge in [0.25, 0.3) is 5.91 Å². The van der Waals surface area contributed by atoms with Crippen LogP contribution in [-0.2, 0) is 0 Å². The molecule has 74 valence electrons. The molecule has 0 radical (unpaired) electrons. The molecule has 1 amide bonds. The SMILES string of the molecule is CC1=NCCN(C(=O)c2ccco2)C1. The summed E-state index contributed by atoms with van der Waals surface area (Å²) in [5, 5.41) is 0. The van der Waals surface area contributed by atoms with Crippen molar-refractivity contribution in [3.05, 3.63) is 24.2 Å². The number of nitrogens with zero attached hydrogens (tertiary/aromatic N) is 2. The van der Waals surface area contributed by atoms with Gasteiger partial charge in [-0.3, -0.25) is 9.79 Å². The predicted octanol–water partition coefficient (Wildman–Crippen LogP) is 1.20. The molecule has 14 heavy (non-hydrogen) atoms. The number of hydrogen-bond acceptors (Lipinski definition) is 3. The van der Waals surface area contributed by atoms with E-state index >= 15 is 0 Å². The Kier molecular flexibility index (Phi) is 2.35. The van der Waals surface area contributed by atoms with E-state index in [0.29, 0.717) is 25.4 Å². The van der Waals surface area contributed by atoms with E-state index < -0.39 is 0 Å². The average molecular weight is 192 g/mol. The first-order valence-electron chi connectivity index (χ1n) is 4.60. The van der Waals surface area contributed by atoms with Gasteiger partial charge in [-0.15, -0.1) is 0 Å². The van der Waals surface area contributed by atoms with Crippen molar-refractivity contribution < 1.29 is 9.21 Å². The first kappa shape index (κ1) is 8.99. The number of aliphatic imine (C=N–C) groups is 1. The summed E-state index contributed by atoms with van der Waals surface area (Å²) in [5.74, 6) is 0.351. The molecule has 1 aromatic rings. The van der Waals surface area contributed by atoms with Gasteiger partial charge in [-0.1, -0.05) is 0 Å². The monoisotopic (exact) mass is 192 g/mol. The Morgan fingerprint density at radius 1 is 1.64 bits per heavy atom. The van der Waals surface area contributed by atoms with Crippen molar-refractivity contribution in [3.8, 4) is 0 Å². The molecule has 0 atom stereocenters. The Bertz CT molecular complexity index is 354. The van der Waals surface area contributed by atoms with Crippen molar-refractivity contribution in [2.24, 2.45) is 4.99 Å². The van der Waals surface area contributed by atoms with Crippen LogP contribution in [0.25, 0.3) is 0 Å². The van der Waals surface area contributed by atoms with Crippen molar-refractivity contribution in [1.82, 2.24) is 4.90 Å². The highest BCUT2D eigenvalue weighted by molar-refractivity contribution is 5.95. The quantitative estimate of drug-likeness (QED) is 0.671.